The maximum absolute atomic E-state index is 12.9. The first-order valence-corrected chi connectivity index (χ1v) is 10.1. The van der Waals surface area contributed by atoms with Gasteiger partial charge in [-0.25, -0.2) is 10.1 Å². The average Bonchev–Trinajstić information content (AvgIpc) is 3.33. The molecule has 4 aromatic rings. The number of nitro groups is 1. The van der Waals surface area contributed by atoms with Crippen LogP contribution in [0.5, 0.6) is 0 Å². The fraction of sp³-hybridized carbons (Fsp3) is 0. The molecule has 0 aliphatic rings. The van der Waals surface area contributed by atoms with Crippen molar-refractivity contribution in [2.75, 3.05) is 0 Å². The molecule has 0 saturated heterocycles. The Kier molecular flexibility index (Phi) is 6.46. The molecule has 1 N–H and O–H groups in total. The maximum atomic E-state index is 12.9. The number of aromatic nitrogens is 2. The molecule has 0 aliphatic heterocycles. The summed E-state index contributed by atoms with van der Waals surface area (Å²) in [4.78, 5) is 23.2. The van der Waals surface area contributed by atoms with Crippen LogP contribution in [0.3, 0.4) is 0 Å². The van der Waals surface area contributed by atoms with E-state index in [1.807, 2.05) is 66.9 Å². The molecule has 8 heteroatoms. The van der Waals surface area contributed by atoms with E-state index < -0.39 is 10.8 Å². The molecule has 1 aromatic heterocycles. The third-order valence-electron chi connectivity index (χ3n) is 4.75. The van der Waals surface area contributed by atoms with Crippen molar-refractivity contribution in [1.29, 1.82) is 0 Å². The van der Waals surface area contributed by atoms with Gasteiger partial charge in [0.05, 0.1) is 23.0 Å². The second-order valence-corrected chi connectivity index (χ2v) is 7.03. The summed E-state index contributed by atoms with van der Waals surface area (Å²) in [6.07, 6.45) is 6.70. The van der Waals surface area contributed by atoms with Gasteiger partial charge in [-0.15, -0.1) is 0 Å². The summed E-state index contributed by atoms with van der Waals surface area (Å²) in [7, 11) is 0. The van der Waals surface area contributed by atoms with Crippen LogP contribution in [0.1, 0.15) is 16.7 Å². The zero-order valence-corrected chi connectivity index (χ0v) is 17.4. The van der Waals surface area contributed by atoms with Crippen molar-refractivity contribution >= 4 is 29.5 Å². The summed E-state index contributed by atoms with van der Waals surface area (Å²) in [5.74, 6) is -0.396. The molecule has 1 heterocycles. The van der Waals surface area contributed by atoms with E-state index >= 15 is 0 Å². The van der Waals surface area contributed by atoms with E-state index in [0.717, 1.165) is 16.8 Å². The highest BCUT2D eigenvalue weighted by Crippen LogP contribution is 2.19. The summed E-state index contributed by atoms with van der Waals surface area (Å²) >= 11 is 0. The summed E-state index contributed by atoms with van der Waals surface area (Å²) in [6, 6.07) is 24.8. The highest BCUT2D eigenvalue weighted by atomic mass is 16.6. The number of non-ortho nitro benzene ring substituents is 1. The number of nitrogens with one attached hydrogen (secondary N) is 1. The molecule has 0 fully saturated rings. The predicted molar refractivity (Wildman–Crippen MR) is 127 cm³/mol. The summed E-state index contributed by atoms with van der Waals surface area (Å²) in [5, 5.41) is 19.1. The molecular weight excluding hydrogens is 418 g/mol. The fourth-order valence-corrected chi connectivity index (χ4v) is 3.11. The van der Waals surface area contributed by atoms with E-state index in [4.69, 9.17) is 0 Å². The zero-order chi connectivity index (χ0) is 23.0. The van der Waals surface area contributed by atoms with Gasteiger partial charge >= 0.3 is 0 Å². The molecule has 3 aromatic carbocycles. The molecule has 0 radical (unpaired) electrons. The molecule has 33 heavy (non-hydrogen) atoms. The molecule has 0 spiro atoms. The van der Waals surface area contributed by atoms with Crippen LogP contribution in [0.2, 0.25) is 0 Å². The van der Waals surface area contributed by atoms with Gasteiger partial charge in [-0.05, 0) is 41.5 Å². The quantitative estimate of drug-likeness (QED) is 0.199. The van der Waals surface area contributed by atoms with Crippen LogP contribution in [0.25, 0.3) is 17.3 Å². The lowest BCUT2D eigenvalue weighted by molar-refractivity contribution is -0.384. The number of rotatable bonds is 7. The standard InChI is InChI=1S/C25H19N5O3/c31-25(28-26-16-19-11-13-23(14-12-19)30(32)33)24(21-7-3-1-4-8-21)15-20-17-27-29(18-20)22-9-5-2-6-10-22/h1-18H,(H,28,31)/b24-15+,26-16+. The Morgan fingerprint density at radius 3 is 2.27 bits per heavy atom. The largest absolute Gasteiger partial charge is 0.271 e. The van der Waals surface area contributed by atoms with Gasteiger partial charge < -0.3 is 0 Å². The number of hydrogen-bond acceptors (Lipinski definition) is 5. The van der Waals surface area contributed by atoms with Gasteiger partial charge in [0.2, 0.25) is 0 Å². The van der Waals surface area contributed by atoms with Crippen LogP contribution in [-0.4, -0.2) is 26.8 Å². The first kappa shape index (κ1) is 21.4. The summed E-state index contributed by atoms with van der Waals surface area (Å²) in [6.45, 7) is 0. The lowest BCUT2D eigenvalue weighted by Gasteiger charge is -2.06. The molecule has 0 saturated carbocycles. The molecule has 0 bridgehead atoms. The Hall–Kier alpha value is -4.85. The molecular formula is C25H19N5O3. The third-order valence-corrected chi connectivity index (χ3v) is 4.75. The highest BCUT2D eigenvalue weighted by Gasteiger charge is 2.12. The number of para-hydroxylation sites is 1. The molecule has 0 atom stereocenters. The van der Waals surface area contributed by atoms with Crippen molar-refractivity contribution in [1.82, 2.24) is 15.2 Å². The number of nitro benzene ring substituents is 1. The fourth-order valence-electron chi connectivity index (χ4n) is 3.11. The van der Waals surface area contributed by atoms with E-state index in [1.165, 1.54) is 18.3 Å². The van der Waals surface area contributed by atoms with Crippen LogP contribution >= 0.6 is 0 Å². The normalized spacial score (nSPS) is 11.5. The Morgan fingerprint density at radius 1 is 0.939 bits per heavy atom. The number of hydrogen-bond donors (Lipinski definition) is 1. The van der Waals surface area contributed by atoms with Crippen molar-refractivity contribution in [2.45, 2.75) is 0 Å². The van der Waals surface area contributed by atoms with Crippen LogP contribution in [0.15, 0.2) is 102 Å². The lowest BCUT2D eigenvalue weighted by atomic mass is 10.0. The van der Waals surface area contributed by atoms with Crippen LogP contribution in [0.4, 0.5) is 5.69 Å². The molecule has 0 unspecified atom stereocenters. The average molecular weight is 437 g/mol. The minimum absolute atomic E-state index is 0.0125. The van der Waals surface area contributed by atoms with Gasteiger partial charge in [0, 0.05) is 29.5 Å². The van der Waals surface area contributed by atoms with Crippen LogP contribution < -0.4 is 5.43 Å². The van der Waals surface area contributed by atoms with Gasteiger partial charge in [-0.1, -0.05) is 48.5 Å². The van der Waals surface area contributed by atoms with Gasteiger partial charge in [-0.2, -0.15) is 10.2 Å². The molecule has 0 aliphatic carbocycles. The monoisotopic (exact) mass is 437 g/mol. The van der Waals surface area contributed by atoms with E-state index in [0.29, 0.717) is 11.1 Å². The summed E-state index contributed by atoms with van der Waals surface area (Å²) < 4.78 is 1.74. The van der Waals surface area contributed by atoms with E-state index in [2.05, 4.69) is 15.6 Å². The second kappa shape index (κ2) is 9.97. The first-order chi connectivity index (χ1) is 16.1. The number of nitrogens with zero attached hydrogens (tertiary/aromatic N) is 4. The number of benzene rings is 3. The number of hydrazone groups is 1. The SMILES string of the molecule is O=C(N/N=C/c1ccc([N+](=O)[O-])cc1)/C(=C/c1cnn(-c2ccccc2)c1)c1ccccc1. The zero-order valence-electron chi connectivity index (χ0n) is 17.4. The number of amides is 1. The van der Waals surface area contributed by atoms with Crippen molar-refractivity contribution in [3.8, 4) is 5.69 Å². The minimum Gasteiger partial charge on any atom is -0.267 e. The van der Waals surface area contributed by atoms with E-state index in [9.17, 15) is 14.9 Å². The van der Waals surface area contributed by atoms with Gasteiger partial charge in [-0.3, -0.25) is 14.9 Å². The van der Waals surface area contributed by atoms with E-state index in [1.54, 1.807) is 29.1 Å². The second-order valence-electron chi connectivity index (χ2n) is 7.03. The molecule has 4 rings (SSSR count). The van der Waals surface area contributed by atoms with Gasteiger partial charge in [0.1, 0.15) is 0 Å². The lowest BCUT2D eigenvalue weighted by Crippen LogP contribution is -2.19. The molecule has 162 valence electrons. The Morgan fingerprint density at radius 2 is 1.61 bits per heavy atom. The van der Waals surface area contributed by atoms with Gasteiger partial charge in [0.25, 0.3) is 11.6 Å². The minimum atomic E-state index is -0.473. The smallest absolute Gasteiger partial charge is 0.267 e. The maximum Gasteiger partial charge on any atom is 0.271 e. The molecule has 8 nitrogen and oxygen atoms in total. The summed E-state index contributed by atoms with van der Waals surface area (Å²) in [5.41, 5.74) is 5.95. The van der Waals surface area contributed by atoms with E-state index in [-0.39, 0.29) is 5.69 Å². The van der Waals surface area contributed by atoms with Crippen LogP contribution in [-0.2, 0) is 4.79 Å². The van der Waals surface area contributed by atoms with Gasteiger partial charge in [0.15, 0.2) is 0 Å². The van der Waals surface area contributed by atoms with Crippen LogP contribution in [0, 0.1) is 10.1 Å². The van der Waals surface area contributed by atoms with Crippen molar-refractivity contribution in [3.63, 3.8) is 0 Å². The van der Waals surface area contributed by atoms with Crippen molar-refractivity contribution in [3.05, 3.63) is 124 Å². The van der Waals surface area contributed by atoms with Crippen molar-refractivity contribution < 1.29 is 9.72 Å². The number of carbonyl (C=O) groups excluding carboxylic acids is 1. The topological polar surface area (TPSA) is 102 Å². The number of carbonyl (C=O) groups is 1. The Balaban J connectivity index is 1.55. The third kappa shape index (κ3) is 5.45. The Bertz CT molecular complexity index is 1310. The molecule has 1 amide bonds. The first-order valence-electron chi connectivity index (χ1n) is 10.1. The predicted octanol–water partition coefficient (Wildman–Crippen LogP) is 4.47. The van der Waals surface area contributed by atoms with Crippen molar-refractivity contribution in [2.24, 2.45) is 5.10 Å². The Labute approximate surface area is 189 Å². The highest BCUT2D eigenvalue weighted by molar-refractivity contribution is 6.24.